The van der Waals surface area contributed by atoms with Crippen LogP contribution in [0.4, 0.5) is 0 Å². The molecular weight excluding hydrogens is 172 g/mol. The van der Waals surface area contributed by atoms with E-state index in [9.17, 15) is 9.59 Å². The number of hydrogen-bond donors (Lipinski definition) is 0. The van der Waals surface area contributed by atoms with Crippen LogP contribution in [0.15, 0.2) is 11.8 Å². The molecule has 0 amide bonds. The van der Waals surface area contributed by atoms with Gasteiger partial charge in [-0.25, -0.2) is 4.79 Å². The van der Waals surface area contributed by atoms with E-state index >= 15 is 0 Å². The van der Waals surface area contributed by atoms with Crippen molar-refractivity contribution in [3.05, 3.63) is 11.8 Å². The Morgan fingerprint density at radius 3 is 2.46 bits per heavy atom. The second-order valence-electron chi connectivity index (χ2n) is 3.00. The van der Waals surface area contributed by atoms with Crippen molar-refractivity contribution < 1.29 is 19.1 Å². The fourth-order valence-electron chi connectivity index (χ4n) is 0.771. The maximum atomic E-state index is 11.0. The summed E-state index contributed by atoms with van der Waals surface area (Å²) in [4.78, 5) is 21.8. The molecule has 0 bridgehead atoms. The Morgan fingerprint density at radius 1 is 1.38 bits per heavy atom. The lowest BCUT2D eigenvalue weighted by Crippen LogP contribution is -2.06. The Labute approximate surface area is 76.5 Å². The van der Waals surface area contributed by atoms with Crippen molar-refractivity contribution in [3.8, 4) is 0 Å². The van der Waals surface area contributed by atoms with Crippen molar-refractivity contribution in [1.82, 2.24) is 0 Å². The van der Waals surface area contributed by atoms with Crippen molar-refractivity contribution in [2.45, 2.75) is 19.8 Å². The van der Waals surface area contributed by atoms with E-state index in [1.165, 1.54) is 14.0 Å². The van der Waals surface area contributed by atoms with Gasteiger partial charge in [-0.1, -0.05) is 0 Å². The van der Waals surface area contributed by atoms with Crippen molar-refractivity contribution in [2.75, 3.05) is 7.11 Å². The van der Waals surface area contributed by atoms with Gasteiger partial charge in [0.1, 0.15) is 6.26 Å². The van der Waals surface area contributed by atoms with Gasteiger partial charge < -0.3 is 9.47 Å². The lowest BCUT2D eigenvalue weighted by Gasteiger charge is -1.99. The first kappa shape index (κ1) is 9.77. The largest absolute Gasteiger partial charge is 0.466 e. The van der Waals surface area contributed by atoms with E-state index in [4.69, 9.17) is 4.74 Å². The summed E-state index contributed by atoms with van der Waals surface area (Å²) in [5.74, 6) is -0.700. The van der Waals surface area contributed by atoms with Crippen molar-refractivity contribution in [2.24, 2.45) is 5.92 Å². The Hall–Kier alpha value is -1.32. The van der Waals surface area contributed by atoms with E-state index in [-0.39, 0.29) is 17.5 Å². The van der Waals surface area contributed by atoms with E-state index in [0.717, 1.165) is 19.1 Å². The van der Waals surface area contributed by atoms with Crippen LogP contribution >= 0.6 is 0 Å². The molecule has 0 heterocycles. The third-order valence-corrected chi connectivity index (χ3v) is 1.77. The Bertz CT molecular complexity index is 250. The summed E-state index contributed by atoms with van der Waals surface area (Å²) in [6.45, 7) is 1.53. The van der Waals surface area contributed by atoms with Crippen LogP contribution in [0.2, 0.25) is 0 Å². The molecule has 1 aliphatic rings. The Kier molecular flexibility index (Phi) is 3.06. The Balaban J connectivity index is 2.37. The van der Waals surface area contributed by atoms with Gasteiger partial charge in [-0.2, -0.15) is 0 Å². The van der Waals surface area contributed by atoms with Crippen LogP contribution in [0, 0.1) is 5.92 Å². The average molecular weight is 184 g/mol. The molecule has 1 fully saturated rings. The molecule has 0 atom stereocenters. The van der Waals surface area contributed by atoms with Gasteiger partial charge in [-0.05, 0) is 19.8 Å². The zero-order valence-corrected chi connectivity index (χ0v) is 7.70. The highest BCUT2D eigenvalue weighted by Gasteiger charge is 2.31. The van der Waals surface area contributed by atoms with E-state index < -0.39 is 5.97 Å². The quantitative estimate of drug-likeness (QED) is 0.373. The molecule has 4 heteroatoms. The SMILES string of the molecule is COC(=O)/C(C)=C/OC(=O)C1CC1. The standard InChI is InChI=1S/C9H12O4/c1-6(8(10)12-2)5-13-9(11)7-3-4-7/h5,7H,3-4H2,1-2H3/b6-5+. The lowest BCUT2D eigenvalue weighted by atomic mass is 10.3. The Morgan fingerprint density at radius 2 is 2.00 bits per heavy atom. The van der Waals surface area contributed by atoms with Crippen molar-refractivity contribution in [1.29, 1.82) is 0 Å². The fraction of sp³-hybridized carbons (Fsp3) is 0.556. The molecule has 0 saturated heterocycles. The molecule has 13 heavy (non-hydrogen) atoms. The topological polar surface area (TPSA) is 52.6 Å². The molecule has 4 nitrogen and oxygen atoms in total. The van der Waals surface area contributed by atoms with Gasteiger partial charge in [0.05, 0.1) is 18.6 Å². The number of esters is 2. The highest BCUT2D eigenvalue weighted by atomic mass is 16.5. The van der Waals surface area contributed by atoms with Crippen LogP contribution in [-0.4, -0.2) is 19.0 Å². The number of carbonyl (C=O) groups is 2. The molecule has 1 rings (SSSR count). The predicted octanol–water partition coefficient (Wildman–Crippen LogP) is 1.02. The predicted molar refractivity (Wildman–Crippen MR) is 44.6 cm³/mol. The molecule has 72 valence electrons. The van der Waals surface area contributed by atoms with Gasteiger partial charge in [-0.15, -0.1) is 0 Å². The zero-order valence-electron chi connectivity index (χ0n) is 7.70. The fourth-order valence-corrected chi connectivity index (χ4v) is 0.771. The summed E-state index contributed by atoms with van der Waals surface area (Å²) < 4.78 is 9.17. The number of rotatable bonds is 3. The van der Waals surface area contributed by atoms with Gasteiger partial charge in [0.15, 0.2) is 0 Å². The first-order chi connectivity index (χ1) is 6.15. The van der Waals surface area contributed by atoms with E-state index in [1.807, 2.05) is 0 Å². The lowest BCUT2D eigenvalue weighted by molar-refractivity contribution is -0.139. The van der Waals surface area contributed by atoms with Gasteiger partial charge in [-0.3, -0.25) is 4.79 Å². The molecule has 0 aliphatic heterocycles. The van der Waals surface area contributed by atoms with E-state index in [2.05, 4.69) is 4.74 Å². The number of hydrogen-bond acceptors (Lipinski definition) is 4. The monoisotopic (exact) mass is 184 g/mol. The van der Waals surface area contributed by atoms with Crippen LogP contribution < -0.4 is 0 Å². The summed E-state index contributed by atoms with van der Waals surface area (Å²) in [5.41, 5.74) is 0.288. The van der Waals surface area contributed by atoms with Gasteiger partial charge in [0.2, 0.25) is 0 Å². The summed E-state index contributed by atoms with van der Waals surface area (Å²) in [6, 6.07) is 0. The minimum absolute atomic E-state index is 0.0432. The number of methoxy groups -OCH3 is 1. The van der Waals surface area contributed by atoms with Crippen LogP contribution in [0.3, 0.4) is 0 Å². The first-order valence-electron chi connectivity index (χ1n) is 4.10. The summed E-state index contributed by atoms with van der Waals surface area (Å²) in [5, 5.41) is 0. The number of carbonyl (C=O) groups excluding carboxylic acids is 2. The first-order valence-corrected chi connectivity index (χ1v) is 4.10. The highest BCUT2D eigenvalue weighted by Crippen LogP contribution is 2.30. The second-order valence-corrected chi connectivity index (χ2v) is 3.00. The zero-order chi connectivity index (χ0) is 9.84. The molecule has 0 N–H and O–H groups in total. The average Bonchev–Trinajstić information content (AvgIpc) is 2.95. The molecule has 0 aromatic rings. The molecule has 0 spiro atoms. The van der Waals surface area contributed by atoms with Crippen LogP contribution in [0.5, 0.6) is 0 Å². The van der Waals surface area contributed by atoms with E-state index in [1.54, 1.807) is 0 Å². The summed E-state index contributed by atoms with van der Waals surface area (Å²) >= 11 is 0. The molecule has 0 aromatic heterocycles. The van der Waals surface area contributed by atoms with Crippen molar-refractivity contribution >= 4 is 11.9 Å². The molecule has 0 unspecified atom stereocenters. The van der Waals surface area contributed by atoms with Crippen LogP contribution in [0.1, 0.15) is 19.8 Å². The molecule has 1 saturated carbocycles. The molecule has 1 aliphatic carbocycles. The van der Waals surface area contributed by atoms with Crippen LogP contribution in [-0.2, 0) is 19.1 Å². The normalized spacial score (nSPS) is 16.6. The second kappa shape index (κ2) is 4.07. The van der Waals surface area contributed by atoms with Gasteiger partial charge in [0.25, 0.3) is 0 Å². The van der Waals surface area contributed by atoms with Crippen molar-refractivity contribution in [3.63, 3.8) is 0 Å². The number of ether oxygens (including phenoxy) is 2. The third kappa shape index (κ3) is 2.89. The summed E-state index contributed by atoms with van der Waals surface area (Å²) in [6.07, 6.45) is 2.93. The van der Waals surface area contributed by atoms with Crippen LogP contribution in [0.25, 0.3) is 0 Å². The molecule has 0 radical (unpaired) electrons. The van der Waals surface area contributed by atoms with E-state index in [0.29, 0.717) is 0 Å². The molecule has 0 aromatic carbocycles. The van der Waals surface area contributed by atoms with Gasteiger partial charge in [0, 0.05) is 0 Å². The molecular formula is C9H12O4. The summed E-state index contributed by atoms with van der Waals surface area (Å²) in [7, 11) is 1.28. The maximum Gasteiger partial charge on any atom is 0.336 e. The third-order valence-electron chi connectivity index (χ3n) is 1.77. The highest BCUT2D eigenvalue weighted by molar-refractivity contribution is 5.87. The minimum Gasteiger partial charge on any atom is -0.466 e. The smallest absolute Gasteiger partial charge is 0.336 e. The van der Waals surface area contributed by atoms with Gasteiger partial charge >= 0.3 is 11.9 Å². The maximum absolute atomic E-state index is 11.0. The minimum atomic E-state index is -0.483.